The summed E-state index contributed by atoms with van der Waals surface area (Å²) >= 11 is 5.95. The van der Waals surface area contributed by atoms with Gasteiger partial charge in [0, 0.05) is 11.6 Å². The van der Waals surface area contributed by atoms with Gasteiger partial charge in [0.25, 0.3) is 0 Å². The quantitative estimate of drug-likeness (QED) is 0.770. The van der Waals surface area contributed by atoms with Gasteiger partial charge in [-0.25, -0.2) is 0 Å². The average Bonchev–Trinajstić information content (AvgIpc) is 2.50. The van der Waals surface area contributed by atoms with Crippen LogP contribution in [0.25, 0.3) is 0 Å². The van der Waals surface area contributed by atoms with Crippen LogP contribution < -0.4 is 5.73 Å². The van der Waals surface area contributed by atoms with E-state index in [1.54, 1.807) is 0 Å². The first-order valence-electron chi connectivity index (χ1n) is 4.31. The van der Waals surface area contributed by atoms with Gasteiger partial charge in [0.1, 0.15) is 0 Å². The SMILES string of the molecule is Cl.NCc1cc(Cl)cc2c1CCC2. The van der Waals surface area contributed by atoms with Crippen LogP contribution in [0.2, 0.25) is 5.02 Å². The van der Waals surface area contributed by atoms with Crippen molar-refractivity contribution in [1.29, 1.82) is 0 Å². The van der Waals surface area contributed by atoms with Crippen molar-refractivity contribution in [2.24, 2.45) is 5.73 Å². The fraction of sp³-hybridized carbons (Fsp3) is 0.400. The summed E-state index contributed by atoms with van der Waals surface area (Å²) in [6.07, 6.45) is 3.60. The van der Waals surface area contributed by atoms with Gasteiger partial charge in [-0.05, 0) is 48.1 Å². The summed E-state index contributed by atoms with van der Waals surface area (Å²) in [4.78, 5) is 0. The summed E-state index contributed by atoms with van der Waals surface area (Å²) < 4.78 is 0. The van der Waals surface area contributed by atoms with E-state index in [9.17, 15) is 0 Å². The first kappa shape index (κ1) is 10.8. The number of fused-ring (bicyclic) bond motifs is 1. The molecule has 0 aromatic heterocycles. The van der Waals surface area contributed by atoms with E-state index in [2.05, 4.69) is 6.07 Å². The lowest BCUT2D eigenvalue weighted by molar-refractivity contribution is 0.903. The van der Waals surface area contributed by atoms with Crippen molar-refractivity contribution in [2.75, 3.05) is 0 Å². The van der Waals surface area contributed by atoms with Crippen molar-refractivity contribution in [3.8, 4) is 0 Å². The molecule has 0 fully saturated rings. The van der Waals surface area contributed by atoms with Gasteiger partial charge in [-0.1, -0.05) is 11.6 Å². The van der Waals surface area contributed by atoms with Crippen molar-refractivity contribution in [3.63, 3.8) is 0 Å². The maximum Gasteiger partial charge on any atom is 0.0412 e. The van der Waals surface area contributed by atoms with Gasteiger partial charge < -0.3 is 5.73 Å². The largest absolute Gasteiger partial charge is 0.326 e. The lowest BCUT2D eigenvalue weighted by Crippen LogP contribution is -2.01. The Morgan fingerprint density at radius 3 is 2.77 bits per heavy atom. The average molecular weight is 218 g/mol. The summed E-state index contributed by atoms with van der Waals surface area (Å²) in [6.45, 7) is 0.614. The van der Waals surface area contributed by atoms with Crippen LogP contribution in [0.5, 0.6) is 0 Å². The maximum absolute atomic E-state index is 5.95. The summed E-state index contributed by atoms with van der Waals surface area (Å²) in [7, 11) is 0. The van der Waals surface area contributed by atoms with Gasteiger partial charge in [0.05, 0.1) is 0 Å². The summed E-state index contributed by atoms with van der Waals surface area (Å²) in [6, 6.07) is 4.06. The zero-order chi connectivity index (χ0) is 8.55. The van der Waals surface area contributed by atoms with E-state index in [0.717, 1.165) is 5.02 Å². The molecule has 0 spiro atoms. The molecule has 1 aliphatic rings. The van der Waals surface area contributed by atoms with Gasteiger partial charge in [0.2, 0.25) is 0 Å². The third-order valence-electron chi connectivity index (χ3n) is 2.49. The molecule has 0 aliphatic heterocycles. The lowest BCUT2D eigenvalue weighted by atomic mass is 10.0. The van der Waals surface area contributed by atoms with E-state index in [1.807, 2.05) is 6.07 Å². The predicted molar refractivity (Wildman–Crippen MR) is 58.6 cm³/mol. The Hall–Kier alpha value is -0.240. The zero-order valence-corrected chi connectivity index (χ0v) is 8.92. The van der Waals surface area contributed by atoms with E-state index >= 15 is 0 Å². The molecule has 0 radical (unpaired) electrons. The van der Waals surface area contributed by atoms with E-state index in [0.29, 0.717) is 6.54 Å². The lowest BCUT2D eigenvalue weighted by Gasteiger charge is -2.06. The van der Waals surface area contributed by atoms with E-state index in [-0.39, 0.29) is 12.4 Å². The minimum Gasteiger partial charge on any atom is -0.326 e. The summed E-state index contributed by atoms with van der Waals surface area (Å²) in [5.74, 6) is 0. The van der Waals surface area contributed by atoms with Crippen LogP contribution in [0.15, 0.2) is 12.1 Å². The molecule has 1 aliphatic carbocycles. The maximum atomic E-state index is 5.95. The van der Waals surface area contributed by atoms with Gasteiger partial charge in [0.15, 0.2) is 0 Å². The van der Waals surface area contributed by atoms with Crippen LogP contribution in [0, 0.1) is 0 Å². The second-order valence-electron chi connectivity index (χ2n) is 3.26. The Morgan fingerprint density at radius 1 is 1.31 bits per heavy atom. The normalized spacial score (nSPS) is 13.7. The number of nitrogens with two attached hydrogens (primary N) is 1. The van der Waals surface area contributed by atoms with E-state index < -0.39 is 0 Å². The third kappa shape index (κ3) is 1.98. The molecule has 0 heterocycles. The van der Waals surface area contributed by atoms with Gasteiger partial charge in [-0.15, -0.1) is 12.4 Å². The molecule has 72 valence electrons. The molecule has 0 saturated carbocycles. The third-order valence-corrected chi connectivity index (χ3v) is 2.71. The van der Waals surface area contributed by atoms with Crippen molar-refractivity contribution >= 4 is 24.0 Å². The Labute approximate surface area is 89.7 Å². The Bertz CT molecular complexity index is 310. The van der Waals surface area contributed by atoms with Crippen LogP contribution in [0.3, 0.4) is 0 Å². The monoisotopic (exact) mass is 217 g/mol. The molecule has 3 heteroatoms. The highest BCUT2D eigenvalue weighted by atomic mass is 35.5. The predicted octanol–water partition coefficient (Wildman–Crippen LogP) is 2.71. The van der Waals surface area contributed by atoms with Crippen LogP contribution in [0.4, 0.5) is 0 Å². The molecule has 0 atom stereocenters. The molecular formula is C10H13Cl2N. The van der Waals surface area contributed by atoms with Crippen molar-refractivity contribution in [3.05, 3.63) is 33.8 Å². The second-order valence-corrected chi connectivity index (χ2v) is 3.70. The van der Waals surface area contributed by atoms with Crippen molar-refractivity contribution < 1.29 is 0 Å². The molecule has 13 heavy (non-hydrogen) atoms. The highest BCUT2D eigenvalue weighted by Crippen LogP contribution is 2.28. The van der Waals surface area contributed by atoms with Crippen LogP contribution in [0.1, 0.15) is 23.1 Å². The standard InChI is InChI=1S/C10H12ClN.ClH/c11-9-4-7-2-1-3-10(7)8(5-9)6-12;/h4-5H,1-3,6,12H2;1H. The van der Waals surface area contributed by atoms with E-state index in [1.165, 1.54) is 36.0 Å². The fourth-order valence-corrected chi connectivity index (χ4v) is 2.20. The number of halogens is 2. The smallest absolute Gasteiger partial charge is 0.0412 e. The molecule has 0 unspecified atom stereocenters. The number of rotatable bonds is 1. The highest BCUT2D eigenvalue weighted by Gasteiger charge is 2.14. The van der Waals surface area contributed by atoms with Crippen molar-refractivity contribution in [2.45, 2.75) is 25.8 Å². The number of hydrogen-bond donors (Lipinski definition) is 1. The van der Waals surface area contributed by atoms with Crippen LogP contribution >= 0.6 is 24.0 Å². The highest BCUT2D eigenvalue weighted by molar-refractivity contribution is 6.30. The minimum atomic E-state index is 0. The Kier molecular flexibility index (Phi) is 3.60. The fourth-order valence-electron chi connectivity index (χ4n) is 1.94. The summed E-state index contributed by atoms with van der Waals surface area (Å²) in [5.41, 5.74) is 9.72. The molecule has 0 amide bonds. The Balaban J connectivity index is 0.000000845. The summed E-state index contributed by atoms with van der Waals surface area (Å²) in [5, 5.41) is 0.830. The van der Waals surface area contributed by atoms with Gasteiger partial charge in [-0.2, -0.15) is 0 Å². The number of aryl methyl sites for hydroxylation is 1. The molecule has 0 bridgehead atoms. The molecule has 1 aromatic carbocycles. The molecule has 1 nitrogen and oxygen atoms in total. The first-order chi connectivity index (χ1) is 5.81. The zero-order valence-electron chi connectivity index (χ0n) is 7.35. The first-order valence-corrected chi connectivity index (χ1v) is 4.69. The molecule has 1 aromatic rings. The van der Waals surface area contributed by atoms with E-state index in [4.69, 9.17) is 17.3 Å². The Morgan fingerprint density at radius 2 is 2.08 bits per heavy atom. The molecule has 2 rings (SSSR count). The van der Waals surface area contributed by atoms with Crippen LogP contribution in [-0.4, -0.2) is 0 Å². The number of hydrogen-bond acceptors (Lipinski definition) is 1. The molecular weight excluding hydrogens is 205 g/mol. The topological polar surface area (TPSA) is 26.0 Å². The van der Waals surface area contributed by atoms with Crippen LogP contribution in [-0.2, 0) is 19.4 Å². The molecule has 0 saturated heterocycles. The second kappa shape index (κ2) is 4.32. The minimum absolute atomic E-state index is 0. The molecule has 2 N–H and O–H groups in total. The van der Waals surface area contributed by atoms with Gasteiger partial charge in [-0.3, -0.25) is 0 Å². The number of benzene rings is 1. The van der Waals surface area contributed by atoms with Gasteiger partial charge >= 0.3 is 0 Å². The van der Waals surface area contributed by atoms with Crippen molar-refractivity contribution in [1.82, 2.24) is 0 Å².